The quantitative estimate of drug-likeness (QED) is 0.920. The number of aromatic nitrogens is 2. The van der Waals surface area contributed by atoms with Crippen LogP contribution in [0, 0.1) is 0 Å². The summed E-state index contributed by atoms with van der Waals surface area (Å²) in [5.74, 6) is 0.395. The molecule has 0 bridgehead atoms. The second kappa shape index (κ2) is 4.95. The number of imidazole rings is 1. The van der Waals surface area contributed by atoms with E-state index in [1.807, 2.05) is 13.8 Å². The van der Waals surface area contributed by atoms with Crippen molar-refractivity contribution in [1.82, 2.24) is 9.55 Å². The number of nitrogens with one attached hydrogen (secondary N) is 1. The van der Waals surface area contributed by atoms with Crippen molar-refractivity contribution in [2.75, 3.05) is 5.32 Å². The number of para-hydroxylation sites is 1. The summed E-state index contributed by atoms with van der Waals surface area (Å²) >= 11 is 0. The van der Waals surface area contributed by atoms with Crippen LogP contribution in [0.1, 0.15) is 19.4 Å². The number of benzene rings is 1. The van der Waals surface area contributed by atoms with Gasteiger partial charge in [0.1, 0.15) is 0 Å². The normalized spacial score (nSPS) is 11.9. The van der Waals surface area contributed by atoms with Crippen molar-refractivity contribution in [2.24, 2.45) is 0 Å². The summed E-state index contributed by atoms with van der Waals surface area (Å²) in [6, 6.07) is 5.52. The molecule has 0 atom stereocenters. The molecule has 0 saturated heterocycles. The molecule has 0 spiro atoms. The van der Waals surface area contributed by atoms with Gasteiger partial charge in [0.2, 0.25) is 5.95 Å². The molecule has 1 aromatic carbocycles. The van der Waals surface area contributed by atoms with Gasteiger partial charge in [0.25, 0.3) is 0 Å². The minimum atomic E-state index is -4.39. The zero-order valence-electron chi connectivity index (χ0n) is 10.6. The molecular formula is C13H14F3N3. The number of halogens is 3. The van der Waals surface area contributed by atoms with Crippen molar-refractivity contribution < 1.29 is 13.2 Å². The van der Waals surface area contributed by atoms with Crippen molar-refractivity contribution in [3.8, 4) is 5.69 Å². The molecule has 0 amide bonds. The number of anilines is 1. The Kier molecular flexibility index (Phi) is 3.50. The second-order valence-electron chi connectivity index (χ2n) is 4.43. The highest BCUT2D eigenvalue weighted by Gasteiger charge is 2.34. The number of rotatable bonds is 3. The Morgan fingerprint density at radius 3 is 2.53 bits per heavy atom. The standard InChI is InChI=1S/C13H14F3N3/c1-9(2)18-12-17-7-8-19(12)11-6-4-3-5-10(11)13(14,15)16/h3-9H,1-2H3,(H,17,18). The number of nitrogens with zero attached hydrogens (tertiary/aromatic N) is 2. The van der Waals surface area contributed by atoms with Gasteiger partial charge in [-0.1, -0.05) is 12.1 Å². The Morgan fingerprint density at radius 2 is 1.89 bits per heavy atom. The SMILES string of the molecule is CC(C)Nc1nccn1-c1ccccc1C(F)(F)F. The van der Waals surface area contributed by atoms with E-state index in [1.165, 1.54) is 29.1 Å². The van der Waals surface area contributed by atoms with Crippen LogP contribution in [-0.4, -0.2) is 15.6 Å². The van der Waals surface area contributed by atoms with Crippen LogP contribution in [0.3, 0.4) is 0 Å². The van der Waals surface area contributed by atoms with Crippen LogP contribution in [0.15, 0.2) is 36.7 Å². The average Bonchev–Trinajstić information content (AvgIpc) is 2.75. The first-order valence-corrected chi connectivity index (χ1v) is 5.86. The second-order valence-corrected chi connectivity index (χ2v) is 4.43. The van der Waals surface area contributed by atoms with Crippen molar-refractivity contribution in [1.29, 1.82) is 0 Å². The Bertz CT molecular complexity index is 558. The lowest BCUT2D eigenvalue weighted by Crippen LogP contribution is -2.16. The van der Waals surface area contributed by atoms with E-state index in [-0.39, 0.29) is 11.7 Å². The molecule has 6 heteroatoms. The molecule has 1 aromatic heterocycles. The molecule has 0 fully saturated rings. The fourth-order valence-corrected chi connectivity index (χ4v) is 1.79. The first-order chi connectivity index (χ1) is 8.89. The number of hydrogen-bond donors (Lipinski definition) is 1. The highest BCUT2D eigenvalue weighted by Crippen LogP contribution is 2.34. The predicted octanol–water partition coefficient (Wildman–Crippen LogP) is 3.71. The Morgan fingerprint density at radius 1 is 1.21 bits per heavy atom. The van der Waals surface area contributed by atoms with Gasteiger partial charge in [-0.3, -0.25) is 4.57 Å². The lowest BCUT2D eigenvalue weighted by Gasteiger charge is -2.16. The number of alkyl halides is 3. The molecule has 2 aromatic rings. The van der Waals surface area contributed by atoms with Crippen molar-refractivity contribution in [3.05, 3.63) is 42.2 Å². The molecule has 0 aliphatic rings. The topological polar surface area (TPSA) is 29.9 Å². The summed E-state index contributed by atoms with van der Waals surface area (Å²) in [5, 5.41) is 3.01. The first-order valence-electron chi connectivity index (χ1n) is 5.86. The largest absolute Gasteiger partial charge is 0.418 e. The zero-order chi connectivity index (χ0) is 14.0. The Labute approximate surface area is 109 Å². The Hall–Kier alpha value is -1.98. The minimum absolute atomic E-state index is 0.0654. The summed E-state index contributed by atoms with van der Waals surface area (Å²) in [4.78, 5) is 4.04. The van der Waals surface area contributed by atoms with Gasteiger partial charge in [-0.25, -0.2) is 4.98 Å². The van der Waals surface area contributed by atoms with E-state index in [0.717, 1.165) is 6.07 Å². The molecule has 0 aliphatic heterocycles. The smallest absolute Gasteiger partial charge is 0.353 e. The highest BCUT2D eigenvalue weighted by molar-refractivity contribution is 5.48. The van der Waals surface area contributed by atoms with E-state index in [4.69, 9.17) is 0 Å². The first kappa shape index (κ1) is 13.5. The van der Waals surface area contributed by atoms with E-state index < -0.39 is 11.7 Å². The van der Waals surface area contributed by atoms with Crippen molar-refractivity contribution in [3.63, 3.8) is 0 Å². The van der Waals surface area contributed by atoms with Gasteiger partial charge in [0.15, 0.2) is 0 Å². The summed E-state index contributed by atoms with van der Waals surface area (Å²) in [5.41, 5.74) is -0.615. The van der Waals surface area contributed by atoms with Crippen molar-refractivity contribution >= 4 is 5.95 Å². The van der Waals surface area contributed by atoms with Gasteiger partial charge < -0.3 is 5.32 Å². The molecule has 0 unspecified atom stereocenters. The summed E-state index contributed by atoms with van der Waals surface area (Å²) in [7, 11) is 0. The maximum absolute atomic E-state index is 13.0. The van der Waals surface area contributed by atoms with Gasteiger partial charge in [-0.2, -0.15) is 13.2 Å². The average molecular weight is 269 g/mol. The Balaban J connectivity index is 2.51. The maximum atomic E-state index is 13.0. The molecule has 2 rings (SSSR count). The van der Waals surface area contributed by atoms with E-state index in [9.17, 15) is 13.2 Å². The van der Waals surface area contributed by atoms with Gasteiger partial charge >= 0.3 is 6.18 Å². The molecule has 1 N–H and O–H groups in total. The van der Waals surface area contributed by atoms with Crippen LogP contribution in [0.5, 0.6) is 0 Å². The monoisotopic (exact) mass is 269 g/mol. The molecule has 19 heavy (non-hydrogen) atoms. The van der Waals surface area contributed by atoms with E-state index in [0.29, 0.717) is 5.95 Å². The van der Waals surface area contributed by atoms with Gasteiger partial charge in [-0.05, 0) is 26.0 Å². The van der Waals surface area contributed by atoms with Gasteiger partial charge in [0, 0.05) is 18.4 Å². The fraction of sp³-hybridized carbons (Fsp3) is 0.308. The third kappa shape index (κ3) is 2.89. The van der Waals surface area contributed by atoms with Crippen LogP contribution >= 0.6 is 0 Å². The molecule has 0 radical (unpaired) electrons. The van der Waals surface area contributed by atoms with Crippen LogP contribution in [0.25, 0.3) is 5.69 Å². The van der Waals surface area contributed by atoms with Crippen LogP contribution in [-0.2, 0) is 6.18 Å². The molecule has 0 aliphatic carbocycles. The fourth-order valence-electron chi connectivity index (χ4n) is 1.79. The van der Waals surface area contributed by atoms with Gasteiger partial charge in [-0.15, -0.1) is 0 Å². The molecular weight excluding hydrogens is 255 g/mol. The summed E-state index contributed by atoms with van der Waals surface area (Å²) < 4.78 is 40.3. The maximum Gasteiger partial charge on any atom is 0.418 e. The predicted molar refractivity (Wildman–Crippen MR) is 67.3 cm³/mol. The lowest BCUT2D eigenvalue weighted by atomic mass is 10.1. The third-order valence-corrected chi connectivity index (χ3v) is 2.53. The van der Waals surface area contributed by atoms with Crippen molar-refractivity contribution in [2.45, 2.75) is 26.1 Å². The lowest BCUT2D eigenvalue weighted by molar-refractivity contribution is -0.137. The summed E-state index contributed by atoms with van der Waals surface area (Å²) in [6.07, 6.45) is -1.41. The van der Waals surface area contributed by atoms with Crippen LogP contribution < -0.4 is 5.32 Å². The third-order valence-electron chi connectivity index (χ3n) is 2.53. The van der Waals surface area contributed by atoms with E-state index in [1.54, 1.807) is 6.07 Å². The van der Waals surface area contributed by atoms with Gasteiger partial charge in [0.05, 0.1) is 11.3 Å². The van der Waals surface area contributed by atoms with Crippen LogP contribution in [0.4, 0.5) is 19.1 Å². The molecule has 102 valence electrons. The summed E-state index contributed by atoms with van der Waals surface area (Å²) in [6.45, 7) is 3.80. The van der Waals surface area contributed by atoms with Crippen LogP contribution in [0.2, 0.25) is 0 Å². The van der Waals surface area contributed by atoms with E-state index in [2.05, 4.69) is 10.3 Å². The minimum Gasteiger partial charge on any atom is -0.353 e. The molecule has 0 saturated carbocycles. The zero-order valence-corrected chi connectivity index (χ0v) is 10.6. The highest BCUT2D eigenvalue weighted by atomic mass is 19.4. The molecule has 1 heterocycles. The number of hydrogen-bond acceptors (Lipinski definition) is 2. The molecule has 3 nitrogen and oxygen atoms in total. The van der Waals surface area contributed by atoms with E-state index >= 15 is 0 Å².